The van der Waals surface area contributed by atoms with Crippen LogP contribution in [0.4, 0.5) is 19.0 Å². The molecule has 0 N–H and O–H groups in total. The summed E-state index contributed by atoms with van der Waals surface area (Å²) in [7, 11) is 0. The van der Waals surface area contributed by atoms with E-state index in [0.29, 0.717) is 24.8 Å². The van der Waals surface area contributed by atoms with Crippen molar-refractivity contribution in [2.45, 2.75) is 43.8 Å². The third-order valence-corrected chi connectivity index (χ3v) is 5.75. The highest BCUT2D eigenvalue weighted by Crippen LogP contribution is 2.41. The van der Waals surface area contributed by atoms with Crippen molar-refractivity contribution in [3.05, 3.63) is 48.0 Å². The van der Waals surface area contributed by atoms with Gasteiger partial charge in [0.25, 0.3) is 0 Å². The predicted molar refractivity (Wildman–Crippen MR) is 99.2 cm³/mol. The monoisotopic (exact) mass is 387 g/mol. The first kappa shape index (κ1) is 17.5. The van der Waals surface area contributed by atoms with E-state index >= 15 is 0 Å². The van der Waals surface area contributed by atoms with Crippen molar-refractivity contribution < 1.29 is 13.2 Å². The lowest BCUT2D eigenvalue weighted by Gasteiger charge is -2.33. The molecule has 2 fully saturated rings. The maximum Gasteiger partial charge on any atom is 0.433 e. The zero-order chi connectivity index (χ0) is 19.3. The maximum atomic E-state index is 12.9. The first-order chi connectivity index (χ1) is 13.5. The summed E-state index contributed by atoms with van der Waals surface area (Å²) in [5, 5.41) is 5.77. The minimum absolute atomic E-state index is 0.240. The molecule has 0 atom stereocenters. The molecule has 1 saturated heterocycles. The molecule has 8 heteroatoms. The SMILES string of the molecule is FC(F)(F)c1cc(N2CCC(n3ncc4cc(C5CC5)ccc43)CC2)ncn1. The van der Waals surface area contributed by atoms with Crippen LogP contribution in [0.5, 0.6) is 0 Å². The Bertz CT molecular complexity index is 1000. The van der Waals surface area contributed by atoms with Gasteiger partial charge in [0.1, 0.15) is 17.8 Å². The first-order valence-corrected chi connectivity index (χ1v) is 9.60. The number of aromatic nitrogens is 4. The van der Waals surface area contributed by atoms with Gasteiger partial charge in [0.15, 0.2) is 0 Å². The number of hydrogen-bond donors (Lipinski definition) is 0. The summed E-state index contributed by atoms with van der Waals surface area (Å²) >= 11 is 0. The summed E-state index contributed by atoms with van der Waals surface area (Å²) in [5.74, 6) is 1.05. The highest BCUT2D eigenvalue weighted by molar-refractivity contribution is 5.79. The summed E-state index contributed by atoms with van der Waals surface area (Å²) in [4.78, 5) is 9.27. The number of alkyl halides is 3. The number of anilines is 1. The van der Waals surface area contributed by atoms with Crippen LogP contribution in [0.1, 0.15) is 48.9 Å². The van der Waals surface area contributed by atoms with E-state index in [1.54, 1.807) is 0 Å². The second-order valence-electron chi connectivity index (χ2n) is 7.66. The Kier molecular flexibility index (Phi) is 4.03. The van der Waals surface area contributed by atoms with Crippen LogP contribution in [0.3, 0.4) is 0 Å². The normalized spacial score (nSPS) is 18.8. The Balaban J connectivity index is 1.32. The molecule has 3 aromatic rings. The number of hydrogen-bond acceptors (Lipinski definition) is 4. The molecule has 5 nitrogen and oxygen atoms in total. The van der Waals surface area contributed by atoms with E-state index < -0.39 is 11.9 Å². The number of piperidine rings is 1. The van der Waals surface area contributed by atoms with Crippen molar-refractivity contribution in [1.29, 1.82) is 0 Å². The van der Waals surface area contributed by atoms with Crippen LogP contribution in [-0.2, 0) is 6.18 Å². The van der Waals surface area contributed by atoms with E-state index in [4.69, 9.17) is 0 Å². The lowest BCUT2D eigenvalue weighted by molar-refractivity contribution is -0.141. The Morgan fingerprint density at radius 1 is 0.964 bits per heavy atom. The van der Waals surface area contributed by atoms with E-state index in [9.17, 15) is 13.2 Å². The molecule has 2 aromatic heterocycles. The molecule has 146 valence electrons. The predicted octanol–water partition coefficient (Wildman–Crippen LogP) is 4.56. The maximum absolute atomic E-state index is 12.9. The van der Waals surface area contributed by atoms with Crippen molar-refractivity contribution in [1.82, 2.24) is 19.7 Å². The summed E-state index contributed by atoms with van der Waals surface area (Å²) in [5.41, 5.74) is 1.62. The number of benzene rings is 1. The third kappa shape index (κ3) is 3.21. The molecule has 5 rings (SSSR count). The fourth-order valence-electron chi connectivity index (χ4n) is 4.05. The zero-order valence-corrected chi connectivity index (χ0v) is 15.2. The molecule has 1 aliphatic carbocycles. The Morgan fingerprint density at radius 3 is 2.46 bits per heavy atom. The average Bonchev–Trinajstić information content (AvgIpc) is 3.47. The Labute approximate surface area is 160 Å². The highest BCUT2D eigenvalue weighted by Gasteiger charge is 2.34. The Hall–Kier alpha value is -2.64. The van der Waals surface area contributed by atoms with Crippen LogP contribution in [0.15, 0.2) is 36.8 Å². The van der Waals surface area contributed by atoms with Crippen molar-refractivity contribution in [2.24, 2.45) is 0 Å². The third-order valence-electron chi connectivity index (χ3n) is 5.75. The molecule has 0 bridgehead atoms. The molecule has 28 heavy (non-hydrogen) atoms. The largest absolute Gasteiger partial charge is 0.433 e. The second-order valence-corrected chi connectivity index (χ2v) is 7.66. The van der Waals surface area contributed by atoms with Crippen LogP contribution >= 0.6 is 0 Å². The van der Waals surface area contributed by atoms with Crippen molar-refractivity contribution in [3.8, 4) is 0 Å². The number of halogens is 3. The van der Waals surface area contributed by atoms with Gasteiger partial charge in [-0.25, -0.2) is 9.97 Å². The van der Waals surface area contributed by atoms with Gasteiger partial charge in [0.2, 0.25) is 0 Å². The van der Waals surface area contributed by atoms with Gasteiger partial charge >= 0.3 is 6.18 Å². The topological polar surface area (TPSA) is 46.8 Å². The van der Waals surface area contributed by atoms with Crippen molar-refractivity contribution in [2.75, 3.05) is 18.0 Å². The van der Waals surface area contributed by atoms with Gasteiger partial charge in [0, 0.05) is 24.5 Å². The van der Waals surface area contributed by atoms with Gasteiger partial charge in [-0.15, -0.1) is 0 Å². The lowest BCUT2D eigenvalue weighted by atomic mass is 10.0. The van der Waals surface area contributed by atoms with E-state index in [2.05, 4.69) is 37.9 Å². The molecule has 1 aliphatic heterocycles. The minimum Gasteiger partial charge on any atom is -0.356 e. The molecule has 0 amide bonds. The van der Waals surface area contributed by atoms with E-state index in [1.165, 1.54) is 18.4 Å². The van der Waals surface area contributed by atoms with Crippen molar-refractivity contribution in [3.63, 3.8) is 0 Å². The summed E-state index contributed by atoms with van der Waals surface area (Å²) < 4.78 is 40.8. The minimum atomic E-state index is -4.46. The van der Waals surface area contributed by atoms with Gasteiger partial charge < -0.3 is 4.90 Å². The molecule has 1 aromatic carbocycles. The van der Waals surface area contributed by atoms with Gasteiger partial charge in [-0.05, 0) is 49.3 Å². The van der Waals surface area contributed by atoms with Gasteiger partial charge in [0.05, 0.1) is 17.8 Å². The standard InChI is InChI=1S/C20H20F3N5/c21-20(22,23)18-10-19(25-12-24-18)27-7-5-16(6-8-27)28-17-4-3-14(13-1-2-13)9-15(17)11-26-28/h3-4,9-13,16H,1-2,5-8H2. The molecular weight excluding hydrogens is 367 g/mol. The quantitative estimate of drug-likeness (QED) is 0.661. The summed E-state index contributed by atoms with van der Waals surface area (Å²) in [6.07, 6.45) is 2.63. The van der Waals surface area contributed by atoms with Gasteiger partial charge in [-0.3, -0.25) is 4.68 Å². The fraction of sp³-hybridized carbons (Fsp3) is 0.450. The van der Waals surface area contributed by atoms with Gasteiger partial charge in [-0.1, -0.05) is 6.07 Å². The number of nitrogens with zero attached hydrogens (tertiary/aromatic N) is 5. The molecule has 0 spiro atoms. The average molecular weight is 387 g/mol. The summed E-state index contributed by atoms with van der Waals surface area (Å²) in [6.45, 7) is 1.28. The van der Waals surface area contributed by atoms with E-state index in [-0.39, 0.29) is 6.04 Å². The molecular formula is C20H20F3N5. The van der Waals surface area contributed by atoms with Crippen LogP contribution in [0.25, 0.3) is 10.9 Å². The molecule has 3 heterocycles. The highest BCUT2D eigenvalue weighted by atomic mass is 19.4. The lowest BCUT2D eigenvalue weighted by Crippen LogP contribution is -2.35. The summed E-state index contributed by atoms with van der Waals surface area (Å²) in [6, 6.07) is 7.87. The fourth-order valence-corrected chi connectivity index (χ4v) is 4.05. The number of rotatable bonds is 3. The van der Waals surface area contributed by atoms with Crippen molar-refractivity contribution >= 4 is 16.7 Å². The van der Waals surface area contributed by atoms with Crippen LogP contribution in [0.2, 0.25) is 0 Å². The molecule has 1 saturated carbocycles. The smallest absolute Gasteiger partial charge is 0.356 e. The van der Waals surface area contributed by atoms with Crippen LogP contribution < -0.4 is 4.90 Å². The van der Waals surface area contributed by atoms with Crippen LogP contribution in [0, 0.1) is 0 Å². The molecule has 0 radical (unpaired) electrons. The Morgan fingerprint density at radius 2 is 1.75 bits per heavy atom. The zero-order valence-electron chi connectivity index (χ0n) is 15.2. The van der Waals surface area contributed by atoms with E-state index in [1.807, 2.05) is 11.1 Å². The molecule has 2 aliphatic rings. The second kappa shape index (κ2) is 6.46. The van der Waals surface area contributed by atoms with E-state index in [0.717, 1.165) is 36.1 Å². The number of fused-ring (bicyclic) bond motifs is 1. The first-order valence-electron chi connectivity index (χ1n) is 9.60. The van der Waals surface area contributed by atoms with Gasteiger partial charge in [-0.2, -0.15) is 18.3 Å². The molecule has 0 unspecified atom stereocenters. The van der Waals surface area contributed by atoms with Crippen LogP contribution in [-0.4, -0.2) is 32.8 Å².